The first kappa shape index (κ1) is 12.5. The van der Waals surface area contributed by atoms with Crippen molar-refractivity contribution in [3.05, 3.63) is 35.6 Å². The standard InChI is InChI=1S/C14H20FNO/c1-11(13-2-4-14(15)5-3-13)16-10-12-6-8-17-9-7-12/h2-5,11-12,16H,6-10H2,1H3/t11-/m1/s1. The van der Waals surface area contributed by atoms with Gasteiger partial charge < -0.3 is 10.1 Å². The Labute approximate surface area is 102 Å². The quantitative estimate of drug-likeness (QED) is 0.869. The molecule has 1 aliphatic rings. The molecule has 0 bridgehead atoms. The van der Waals surface area contributed by atoms with E-state index >= 15 is 0 Å². The van der Waals surface area contributed by atoms with Crippen LogP contribution in [0.15, 0.2) is 24.3 Å². The molecule has 1 saturated heterocycles. The lowest BCUT2D eigenvalue weighted by Crippen LogP contribution is -2.29. The summed E-state index contributed by atoms with van der Waals surface area (Å²) in [5.41, 5.74) is 1.14. The van der Waals surface area contributed by atoms with E-state index in [4.69, 9.17) is 4.74 Å². The van der Waals surface area contributed by atoms with Crippen molar-refractivity contribution in [3.8, 4) is 0 Å². The summed E-state index contributed by atoms with van der Waals surface area (Å²) in [5, 5.41) is 3.51. The molecule has 1 aliphatic heterocycles. The second kappa shape index (κ2) is 6.12. The van der Waals surface area contributed by atoms with Crippen molar-refractivity contribution in [3.63, 3.8) is 0 Å². The Morgan fingerprint density at radius 1 is 1.29 bits per heavy atom. The number of hydrogen-bond donors (Lipinski definition) is 1. The third-order valence-corrected chi connectivity index (χ3v) is 3.42. The highest BCUT2D eigenvalue weighted by molar-refractivity contribution is 5.19. The van der Waals surface area contributed by atoms with Crippen molar-refractivity contribution >= 4 is 0 Å². The van der Waals surface area contributed by atoms with Gasteiger partial charge in [0.05, 0.1) is 0 Å². The van der Waals surface area contributed by atoms with Crippen molar-refractivity contribution in [2.75, 3.05) is 19.8 Å². The Morgan fingerprint density at radius 3 is 2.59 bits per heavy atom. The van der Waals surface area contributed by atoms with Crippen LogP contribution >= 0.6 is 0 Å². The minimum absolute atomic E-state index is 0.176. The van der Waals surface area contributed by atoms with E-state index in [9.17, 15) is 4.39 Å². The second-order valence-electron chi connectivity index (χ2n) is 4.74. The normalized spacial score (nSPS) is 19.2. The molecular formula is C14H20FNO. The largest absolute Gasteiger partial charge is 0.381 e. The Balaban J connectivity index is 1.80. The van der Waals surface area contributed by atoms with E-state index in [1.54, 1.807) is 0 Å². The zero-order chi connectivity index (χ0) is 12.1. The average molecular weight is 237 g/mol. The summed E-state index contributed by atoms with van der Waals surface area (Å²) < 4.78 is 18.1. The topological polar surface area (TPSA) is 21.3 Å². The molecule has 2 nitrogen and oxygen atoms in total. The highest BCUT2D eigenvalue weighted by atomic mass is 19.1. The van der Waals surface area contributed by atoms with Crippen LogP contribution in [-0.4, -0.2) is 19.8 Å². The lowest BCUT2D eigenvalue weighted by Gasteiger charge is -2.24. The monoisotopic (exact) mass is 237 g/mol. The molecule has 17 heavy (non-hydrogen) atoms. The van der Waals surface area contributed by atoms with Crippen LogP contribution in [0.5, 0.6) is 0 Å². The van der Waals surface area contributed by atoms with Crippen molar-refractivity contribution < 1.29 is 9.13 Å². The molecule has 0 aliphatic carbocycles. The Morgan fingerprint density at radius 2 is 1.94 bits per heavy atom. The SMILES string of the molecule is C[C@@H](NCC1CCOCC1)c1ccc(F)cc1. The Bertz CT molecular complexity index is 333. The van der Waals surface area contributed by atoms with Crippen LogP contribution in [0.2, 0.25) is 0 Å². The summed E-state index contributed by atoms with van der Waals surface area (Å²) in [4.78, 5) is 0. The molecule has 1 fully saturated rings. The van der Waals surface area contributed by atoms with Crippen molar-refractivity contribution in [1.29, 1.82) is 0 Å². The molecule has 1 aromatic carbocycles. The fourth-order valence-electron chi connectivity index (χ4n) is 2.16. The lowest BCUT2D eigenvalue weighted by molar-refractivity contribution is 0.0656. The van der Waals surface area contributed by atoms with E-state index in [0.717, 1.165) is 38.2 Å². The third kappa shape index (κ3) is 3.79. The molecule has 2 rings (SSSR count). The molecule has 0 aromatic heterocycles. The summed E-state index contributed by atoms with van der Waals surface area (Å²) >= 11 is 0. The van der Waals surface area contributed by atoms with E-state index in [1.807, 2.05) is 12.1 Å². The van der Waals surface area contributed by atoms with E-state index in [2.05, 4.69) is 12.2 Å². The number of halogens is 1. The van der Waals surface area contributed by atoms with E-state index in [1.165, 1.54) is 12.1 Å². The van der Waals surface area contributed by atoms with Crippen LogP contribution in [0, 0.1) is 11.7 Å². The molecule has 0 spiro atoms. The number of ether oxygens (including phenoxy) is 1. The molecule has 0 radical (unpaired) electrons. The van der Waals surface area contributed by atoms with Crippen LogP contribution in [0.4, 0.5) is 4.39 Å². The zero-order valence-electron chi connectivity index (χ0n) is 10.3. The molecular weight excluding hydrogens is 217 g/mol. The highest BCUT2D eigenvalue weighted by Crippen LogP contribution is 2.17. The molecule has 0 unspecified atom stereocenters. The van der Waals surface area contributed by atoms with E-state index in [-0.39, 0.29) is 11.9 Å². The summed E-state index contributed by atoms with van der Waals surface area (Å²) in [5.74, 6) is 0.539. The van der Waals surface area contributed by atoms with Crippen molar-refractivity contribution in [2.45, 2.75) is 25.8 Å². The summed E-state index contributed by atoms with van der Waals surface area (Å²) in [6.07, 6.45) is 2.28. The van der Waals surface area contributed by atoms with Gasteiger partial charge in [-0.3, -0.25) is 0 Å². The summed E-state index contributed by atoms with van der Waals surface area (Å²) in [6, 6.07) is 7.00. The first-order valence-electron chi connectivity index (χ1n) is 6.32. The molecule has 1 atom stereocenters. The van der Waals surface area contributed by atoms with Crippen LogP contribution in [0.25, 0.3) is 0 Å². The maximum absolute atomic E-state index is 12.8. The minimum atomic E-state index is -0.176. The third-order valence-electron chi connectivity index (χ3n) is 3.42. The second-order valence-corrected chi connectivity index (χ2v) is 4.74. The molecule has 1 heterocycles. The molecule has 1 N–H and O–H groups in total. The predicted octanol–water partition coefficient (Wildman–Crippen LogP) is 2.90. The number of hydrogen-bond acceptors (Lipinski definition) is 2. The zero-order valence-corrected chi connectivity index (χ0v) is 10.3. The predicted molar refractivity (Wildman–Crippen MR) is 66.4 cm³/mol. The van der Waals surface area contributed by atoms with Gasteiger partial charge in [0.25, 0.3) is 0 Å². The van der Waals surface area contributed by atoms with Gasteiger partial charge in [-0.25, -0.2) is 4.39 Å². The van der Waals surface area contributed by atoms with Crippen LogP contribution < -0.4 is 5.32 Å². The van der Waals surface area contributed by atoms with Gasteiger partial charge in [-0.05, 0) is 49.9 Å². The number of nitrogens with one attached hydrogen (secondary N) is 1. The lowest BCUT2D eigenvalue weighted by atomic mass is 9.99. The molecule has 94 valence electrons. The summed E-state index contributed by atoms with van der Waals surface area (Å²) in [6.45, 7) is 4.91. The minimum Gasteiger partial charge on any atom is -0.381 e. The van der Waals surface area contributed by atoms with E-state index in [0.29, 0.717) is 5.92 Å². The molecule has 3 heteroatoms. The van der Waals surface area contributed by atoms with Crippen molar-refractivity contribution in [1.82, 2.24) is 5.32 Å². The maximum Gasteiger partial charge on any atom is 0.123 e. The molecule has 1 aromatic rings. The smallest absolute Gasteiger partial charge is 0.123 e. The number of rotatable bonds is 4. The maximum atomic E-state index is 12.8. The fourth-order valence-corrected chi connectivity index (χ4v) is 2.16. The van der Waals surface area contributed by atoms with Crippen molar-refractivity contribution in [2.24, 2.45) is 5.92 Å². The summed E-state index contributed by atoms with van der Waals surface area (Å²) in [7, 11) is 0. The van der Waals surface area contributed by atoms with Gasteiger partial charge in [-0.1, -0.05) is 12.1 Å². The van der Waals surface area contributed by atoms with Gasteiger partial charge in [0.15, 0.2) is 0 Å². The van der Waals surface area contributed by atoms with Gasteiger partial charge in [0, 0.05) is 19.3 Å². The average Bonchev–Trinajstić information content (AvgIpc) is 2.38. The fraction of sp³-hybridized carbons (Fsp3) is 0.571. The van der Waals surface area contributed by atoms with Gasteiger partial charge in [0.2, 0.25) is 0 Å². The van der Waals surface area contributed by atoms with Gasteiger partial charge in [0.1, 0.15) is 5.82 Å². The molecule has 0 saturated carbocycles. The van der Waals surface area contributed by atoms with Crippen LogP contribution in [0.1, 0.15) is 31.4 Å². The first-order valence-corrected chi connectivity index (χ1v) is 6.32. The highest BCUT2D eigenvalue weighted by Gasteiger charge is 2.14. The van der Waals surface area contributed by atoms with E-state index < -0.39 is 0 Å². The van der Waals surface area contributed by atoms with Gasteiger partial charge >= 0.3 is 0 Å². The Hall–Kier alpha value is -0.930. The first-order chi connectivity index (χ1) is 8.25. The van der Waals surface area contributed by atoms with Crippen LogP contribution in [0.3, 0.4) is 0 Å². The van der Waals surface area contributed by atoms with Gasteiger partial charge in [-0.2, -0.15) is 0 Å². The number of benzene rings is 1. The molecule has 0 amide bonds. The van der Waals surface area contributed by atoms with Gasteiger partial charge in [-0.15, -0.1) is 0 Å². The van der Waals surface area contributed by atoms with Crippen LogP contribution in [-0.2, 0) is 4.74 Å². The Kier molecular flexibility index (Phi) is 4.51.